The lowest BCUT2D eigenvalue weighted by Crippen LogP contribution is -2.57. The van der Waals surface area contributed by atoms with Crippen LogP contribution in [0.4, 0.5) is 0 Å². The van der Waals surface area contributed by atoms with Gasteiger partial charge in [-0.3, -0.25) is 4.90 Å². The molecule has 94 valence electrons. The highest BCUT2D eigenvalue weighted by atomic mass is 16.4. The minimum atomic E-state index is -0.981. The summed E-state index contributed by atoms with van der Waals surface area (Å²) in [4.78, 5) is 11.3. The number of hydrogen-bond donors (Lipinski definition) is 2. The molecule has 0 spiro atoms. The molecule has 0 radical (unpaired) electrons. The first-order valence-electron chi connectivity index (χ1n) is 5.44. The van der Waals surface area contributed by atoms with Gasteiger partial charge in [-0.15, -0.1) is 0 Å². The van der Waals surface area contributed by atoms with Crippen LogP contribution in [0.1, 0.15) is 33.6 Å². The van der Waals surface area contributed by atoms with Crippen molar-refractivity contribution >= 4 is 5.97 Å². The molecule has 0 bridgehead atoms. The zero-order valence-corrected chi connectivity index (χ0v) is 10.7. The first-order valence-corrected chi connectivity index (χ1v) is 5.44. The van der Waals surface area contributed by atoms with E-state index in [1.807, 2.05) is 18.9 Å². The Morgan fingerprint density at radius 3 is 2.12 bits per heavy atom. The highest BCUT2D eigenvalue weighted by Gasteiger charge is 2.44. The average Bonchev–Trinajstić information content (AvgIpc) is 2.16. The Morgan fingerprint density at radius 2 is 1.88 bits per heavy atom. The summed E-state index contributed by atoms with van der Waals surface area (Å²) in [6.45, 7) is 10.1. The second-order valence-corrected chi connectivity index (χ2v) is 4.97. The third-order valence-corrected chi connectivity index (χ3v) is 3.50. The van der Waals surface area contributed by atoms with Gasteiger partial charge in [0.25, 0.3) is 0 Å². The molecule has 0 aromatic heterocycles. The van der Waals surface area contributed by atoms with Gasteiger partial charge in [0.15, 0.2) is 0 Å². The molecule has 2 N–H and O–H groups in total. The Morgan fingerprint density at radius 1 is 1.44 bits per heavy atom. The van der Waals surface area contributed by atoms with E-state index in [0.717, 1.165) is 19.0 Å². The summed E-state index contributed by atoms with van der Waals surface area (Å²) in [6.07, 6.45) is 3.14. The largest absolute Gasteiger partial charge is 0.478 e. The number of carbonyl (C=O) groups is 1. The number of piperidine rings is 1. The van der Waals surface area contributed by atoms with E-state index >= 15 is 0 Å². The van der Waals surface area contributed by atoms with Crippen LogP contribution in [-0.2, 0) is 4.79 Å². The lowest BCUT2D eigenvalue weighted by Gasteiger charge is -2.50. The topological polar surface area (TPSA) is 60.8 Å². The van der Waals surface area contributed by atoms with E-state index in [1.165, 1.54) is 6.42 Å². The number of rotatable bonds is 1. The summed E-state index contributed by atoms with van der Waals surface area (Å²) in [5, 5.41) is 17.7. The van der Waals surface area contributed by atoms with Crippen molar-refractivity contribution in [2.24, 2.45) is 5.41 Å². The predicted molar refractivity (Wildman–Crippen MR) is 64.1 cm³/mol. The fourth-order valence-electron chi connectivity index (χ4n) is 1.73. The maximum atomic E-state index is 10.1. The number of carboxylic acid groups (broad SMARTS) is 1. The van der Waals surface area contributed by atoms with Crippen LogP contribution in [0.3, 0.4) is 0 Å². The lowest BCUT2D eigenvalue weighted by atomic mass is 9.74. The van der Waals surface area contributed by atoms with Crippen LogP contribution in [0.5, 0.6) is 0 Å². The maximum absolute atomic E-state index is 10.1. The van der Waals surface area contributed by atoms with Gasteiger partial charge >= 0.3 is 5.97 Å². The molecule has 1 rings (SSSR count). The molecule has 0 aliphatic carbocycles. The van der Waals surface area contributed by atoms with Crippen molar-refractivity contribution in [1.82, 2.24) is 4.90 Å². The number of carboxylic acids is 1. The van der Waals surface area contributed by atoms with Crippen LogP contribution in [0.2, 0.25) is 0 Å². The summed E-state index contributed by atoms with van der Waals surface area (Å²) >= 11 is 0. The minimum Gasteiger partial charge on any atom is -0.478 e. The highest BCUT2D eigenvalue weighted by molar-refractivity contribution is 5.78. The van der Waals surface area contributed by atoms with Gasteiger partial charge in [0.1, 0.15) is 5.72 Å². The van der Waals surface area contributed by atoms with Crippen molar-refractivity contribution in [2.75, 3.05) is 13.6 Å². The molecule has 1 aliphatic heterocycles. The molecule has 16 heavy (non-hydrogen) atoms. The van der Waals surface area contributed by atoms with Crippen molar-refractivity contribution in [3.05, 3.63) is 12.7 Å². The van der Waals surface area contributed by atoms with Crippen molar-refractivity contribution in [3.63, 3.8) is 0 Å². The summed E-state index contributed by atoms with van der Waals surface area (Å²) in [7, 11) is 1.99. The van der Waals surface area contributed by atoms with E-state index in [0.29, 0.717) is 0 Å². The average molecular weight is 229 g/mol. The van der Waals surface area contributed by atoms with E-state index in [1.54, 1.807) is 0 Å². The molecule has 1 fully saturated rings. The van der Waals surface area contributed by atoms with Crippen LogP contribution in [0.15, 0.2) is 12.7 Å². The molecule has 0 amide bonds. The number of hydrogen-bond acceptors (Lipinski definition) is 3. The van der Waals surface area contributed by atoms with Gasteiger partial charge in [0, 0.05) is 18.0 Å². The summed E-state index contributed by atoms with van der Waals surface area (Å²) in [5.41, 5.74) is -0.606. The first-order chi connectivity index (χ1) is 7.15. The lowest BCUT2D eigenvalue weighted by molar-refractivity contribution is -0.183. The zero-order valence-electron chi connectivity index (χ0n) is 10.7. The quantitative estimate of drug-likeness (QED) is 0.672. The molecule has 1 aliphatic rings. The summed E-state index contributed by atoms with van der Waals surface area (Å²) < 4.78 is 0. The third-order valence-electron chi connectivity index (χ3n) is 3.50. The van der Waals surface area contributed by atoms with E-state index in [-0.39, 0.29) is 5.41 Å². The summed E-state index contributed by atoms with van der Waals surface area (Å²) in [5.74, 6) is -0.981. The fraction of sp³-hybridized carbons (Fsp3) is 0.750. The van der Waals surface area contributed by atoms with E-state index in [9.17, 15) is 9.90 Å². The molecule has 1 saturated heterocycles. The van der Waals surface area contributed by atoms with E-state index in [4.69, 9.17) is 5.11 Å². The molecule has 1 heterocycles. The molecule has 1 unspecified atom stereocenters. The molecule has 4 heteroatoms. The normalized spacial score (nSPS) is 28.8. The Kier molecular flexibility index (Phi) is 5.16. The first kappa shape index (κ1) is 15.1. The standard InChI is InChI=1S/C9H19NO.C3H4O2/c1-8(2)6-5-7-10(4)9(8,3)11;1-2-3(4)5/h11H,5-7H2,1-4H3;2H,1H2,(H,4,5). The van der Waals surface area contributed by atoms with Gasteiger partial charge in [0.2, 0.25) is 0 Å². The molecule has 0 aromatic rings. The molecule has 1 atom stereocenters. The van der Waals surface area contributed by atoms with E-state index in [2.05, 4.69) is 20.4 Å². The van der Waals surface area contributed by atoms with Crippen LogP contribution in [-0.4, -0.2) is 40.4 Å². The van der Waals surface area contributed by atoms with Gasteiger partial charge < -0.3 is 10.2 Å². The van der Waals surface area contributed by atoms with Crippen LogP contribution in [0.25, 0.3) is 0 Å². The van der Waals surface area contributed by atoms with Gasteiger partial charge in [-0.2, -0.15) is 0 Å². The molecule has 0 aromatic carbocycles. The van der Waals surface area contributed by atoms with Crippen molar-refractivity contribution in [2.45, 2.75) is 39.3 Å². The van der Waals surface area contributed by atoms with Crippen molar-refractivity contribution in [1.29, 1.82) is 0 Å². The van der Waals surface area contributed by atoms with Crippen LogP contribution < -0.4 is 0 Å². The van der Waals surface area contributed by atoms with E-state index < -0.39 is 11.7 Å². The van der Waals surface area contributed by atoms with Gasteiger partial charge in [-0.25, -0.2) is 4.79 Å². The Hall–Kier alpha value is -0.870. The van der Waals surface area contributed by atoms with Crippen molar-refractivity contribution in [3.8, 4) is 0 Å². The number of nitrogens with zero attached hydrogens (tertiary/aromatic N) is 1. The number of likely N-dealkylation sites (tertiary alicyclic amines) is 1. The Bertz CT molecular complexity index is 259. The molecular weight excluding hydrogens is 206 g/mol. The fourth-order valence-corrected chi connectivity index (χ4v) is 1.73. The number of aliphatic hydroxyl groups is 1. The second-order valence-electron chi connectivity index (χ2n) is 4.97. The van der Waals surface area contributed by atoms with Gasteiger partial charge in [-0.1, -0.05) is 20.4 Å². The minimum absolute atomic E-state index is 0.0278. The molecular formula is C12H23NO3. The Balaban J connectivity index is 0.000000385. The monoisotopic (exact) mass is 229 g/mol. The smallest absolute Gasteiger partial charge is 0.327 e. The van der Waals surface area contributed by atoms with Crippen LogP contribution in [0, 0.1) is 5.41 Å². The van der Waals surface area contributed by atoms with Crippen LogP contribution >= 0.6 is 0 Å². The highest BCUT2D eigenvalue weighted by Crippen LogP contribution is 2.40. The van der Waals surface area contributed by atoms with Crippen molar-refractivity contribution < 1.29 is 15.0 Å². The number of aliphatic carboxylic acids is 1. The second kappa shape index (κ2) is 5.46. The SMILES string of the molecule is C=CC(=O)O.CN1CCCC(C)(C)C1(C)O. The molecule has 4 nitrogen and oxygen atoms in total. The zero-order chi connectivity index (χ0) is 13.0. The summed E-state index contributed by atoms with van der Waals surface area (Å²) in [6, 6.07) is 0. The van der Waals surface area contributed by atoms with Gasteiger partial charge in [-0.05, 0) is 26.8 Å². The Labute approximate surface area is 97.6 Å². The predicted octanol–water partition coefficient (Wildman–Crippen LogP) is 1.70. The third kappa shape index (κ3) is 3.61. The van der Waals surface area contributed by atoms with Gasteiger partial charge in [0.05, 0.1) is 0 Å². The molecule has 0 saturated carbocycles. The maximum Gasteiger partial charge on any atom is 0.327 e.